The van der Waals surface area contributed by atoms with Gasteiger partial charge in [-0.15, -0.1) is 0 Å². The van der Waals surface area contributed by atoms with Gasteiger partial charge in [-0.2, -0.15) is 0 Å². The van der Waals surface area contributed by atoms with Crippen LogP contribution in [0.3, 0.4) is 0 Å². The minimum absolute atomic E-state index is 0.0781. The van der Waals surface area contributed by atoms with Crippen LogP contribution in [0.4, 0.5) is 4.39 Å². The number of methoxy groups -OCH3 is 1. The molecule has 20 heavy (non-hydrogen) atoms. The van der Waals surface area contributed by atoms with Gasteiger partial charge in [0.05, 0.1) is 29.2 Å². The molecule has 0 spiro atoms. The lowest BCUT2D eigenvalue weighted by Gasteiger charge is -2.26. The van der Waals surface area contributed by atoms with Crippen molar-refractivity contribution in [1.29, 1.82) is 0 Å². The Balaban J connectivity index is 2.09. The highest BCUT2D eigenvalue weighted by Gasteiger charge is 2.36. The van der Waals surface area contributed by atoms with Crippen LogP contribution in [0, 0.1) is 10.6 Å². The maximum absolute atomic E-state index is 13.5. The van der Waals surface area contributed by atoms with Gasteiger partial charge >= 0.3 is 0 Å². The van der Waals surface area contributed by atoms with Gasteiger partial charge in [0.25, 0.3) is 0 Å². The quantitative estimate of drug-likeness (QED) is 0.883. The van der Waals surface area contributed by atoms with Gasteiger partial charge in [0.1, 0.15) is 11.4 Å². The van der Waals surface area contributed by atoms with Crippen LogP contribution in [0.15, 0.2) is 12.1 Å². The lowest BCUT2D eigenvalue weighted by atomic mass is 10.0. The molecule has 1 saturated heterocycles. The highest BCUT2D eigenvalue weighted by Crippen LogP contribution is 2.28. The second-order valence-corrected chi connectivity index (χ2v) is 5.78. The Morgan fingerprint density at radius 2 is 2.40 bits per heavy atom. The largest absolute Gasteiger partial charge is 0.378 e. The van der Waals surface area contributed by atoms with Gasteiger partial charge in [0.2, 0.25) is 0 Å². The Hall–Kier alpha value is -0.950. The first-order valence-electron chi connectivity index (χ1n) is 6.25. The third kappa shape index (κ3) is 2.26. The van der Waals surface area contributed by atoms with Crippen molar-refractivity contribution in [2.45, 2.75) is 18.6 Å². The first-order valence-corrected chi connectivity index (χ1v) is 7.04. The van der Waals surface area contributed by atoms with Crippen molar-refractivity contribution < 1.29 is 13.9 Å². The molecule has 2 heterocycles. The fourth-order valence-corrected chi connectivity index (χ4v) is 2.97. The van der Waals surface area contributed by atoms with Crippen molar-refractivity contribution in [2.24, 2.45) is 0 Å². The Labute approximate surface area is 125 Å². The van der Waals surface area contributed by atoms with Crippen LogP contribution in [0.25, 0.3) is 11.0 Å². The molecule has 0 amide bonds. The molecule has 1 aliphatic heterocycles. The van der Waals surface area contributed by atoms with Gasteiger partial charge in [-0.25, -0.2) is 4.39 Å². The van der Waals surface area contributed by atoms with Crippen LogP contribution in [-0.2, 0) is 16.0 Å². The average molecular weight is 317 g/mol. The molecule has 0 bridgehead atoms. The zero-order valence-electron chi connectivity index (χ0n) is 10.9. The highest BCUT2D eigenvalue weighted by molar-refractivity contribution is 7.71. The van der Waals surface area contributed by atoms with Crippen LogP contribution < -0.4 is 0 Å². The maximum Gasteiger partial charge on any atom is 0.178 e. The van der Waals surface area contributed by atoms with E-state index >= 15 is 0 Å². The van der Waals surface area contributed by atoms with Gasteiger partial charge in [-0.3, -0.25) is 0 Å². The summed E-state index contributed by atoms with van der Waals surface area (Å²) in [6.45, 7) is 1.73. The maximum atomic E-state index is 13.5. The summed E-state index contributed by atoms with van der Waals surface area (Å²) in [6.07, 6.45) is 0.798. The lowest BCUT2D eigenvalue weighted by molar-refractivity contribution is -0.0290. The summed E-state index contributed by atoms with van der Waals surface area (Å²) >= 11 is 11.2. The van der Waals surface area contributed by atoms with E-state index in [4.69, 9.17) is 33.3 Å². The van der Waals surface area contributed by atoms with Gasteiger partial charge in [-0.05, 0) is 18.3 Å². The number of hydrogen-bond acceptors (Lipinski definition) is 3. The molecule has 1 fully saturated rings. The summed E-state index contributed by atoms with van der Waals surface area (Å²) in [5.41, 5.74) is 1.00. The number of nitrogens with zero attached hydrogens (tertiary/aromatic N) is 1. The van der Waals surface area contributed by atoms with E-state index in [1.54, 1.807) is 13.2 Å². The molecule has 1 aliphatic rings. The monoisotopic (exact) mass is 316 g/mol. The first-order chi connectivity index (χ1) is 9.54. The molecular formula is C13H14ClFN2O2S. The van der Waals surface area contributed by atoms with E-state index in [0.717, 1.165) is 11.9 Å². The number of hydrogen-bond donors (Lipinski definition) is 1. The van der Waals surface area contributed by atoms with E-state index < -0.39 is 11.4 Å². The van der Waals surface area contributed by atoms with Gasteiger partial charge in [0.15, 0.2) is 4.77 Å². The topological polar surface area (TPSA) is 39.2 Å². The molecule has 108 valence electrons. The van der Waals surface area contributed by atoms with Gasteiger partial charge in [0, 0.05) is 26.2 Å². The Bertz CT molecular complexity index is 706. The Kier molecular flexibility index (Phi) is 3.58. The zero-order chi connectivity index (χ0) is 14.3. The van der Waals surface area contributed by atoms with Crippen molar-refractivity contribution in [3.63, 3.8) is 0 Å². The number of aromatic nitrogens is 2. The number of rotatable bonds is 3. The van der Waals surface area contributed by atoms with E-state index in [9.17, 15) is 4.39 Å². The summed E-state index contributed by atoms with van der Waals surface area (Å²) in [5.74, 6) is -0.465. The van der Waals surface area contributed by atoms with Crippen molar-refractivity contribution in [3.05, 3.63) is 27.7 Å². The molecule has 4 nitrogen and oxygen atoms in total. The van der Waals surface area contributed by atoms with E-state index in [0.29, 0.717) is 30.0 Å². The van der Waals surface area contributed by atoms with Crippen LogP contribution in [0.5, 0.6) is 0 Å². The second kappa shape index (κ2) is 5.11. The van der Waals surface area contributed by atoms with Crippen molar-refractivity contribution in [1.82, 2.24) is 9.55 Å². The van der Waals surface area contributed by atoms with Crippen LogP contribution >= 0.6 is 23.8 Å². The zero-order valence-corrected chi connectivity index (χ0v) is 12.5. The number of nitrogens with one attached hydrogen (secondary N) is 1. The lowest BCUT2D eigenvalue weighted by Crippen LogP contribution is -2.37. The minimum atomic E-state index is -0.465. The predicted octanol–water partition coefficient (Wildman–Crippen LogP) is 3.30. The van der Waals surface area contributed by atoms with Crippen LogP contribution in [0.1, 0.15) is 6.42 Å². The summed E-state index contributed by atoms with van der Waals surface area (Å²) in [6, 6.07) is 2.94. The summed E-state index contributed by atoms with van der Waals surface area (Å²) in [5, 5.41) is 0.0781. The molecule has 1 unspecified atom stereocenters. The van der Waals surface area contributed by atoms with E-state index in [2.05, 4.69) is 4.98 Å². The first kappa shape index (κ1) is 14.0. The third-order valence-electron chi connectivity index (χ3n) is 3.76. The normalized spacial score (nSPS) is 22.8. The Morgan fingerprint density at radius 1 is 1.60 bits per heavy atom. The molecule has 7 heteroatoms. The fraction of sp³-hybridized carbons (Fsp3) is 0.462. The van der Waals surface area contributed by atoms with E-state index in [1.165, 1.54) is 6.07 Å². The van der Waals surface area contributed by atoms with Gasteiger partial charge in [-0.1, -0.05) is 11.6 Å². The van der Waals surface area contributed by atoms with E-state index in [-0.39, 0.29) is 5.02 Å². The number of benzene rings is 1. The number of aromatic amines is 1. The average Bonchev–Trinajstić information content (AvgIpc) is 2.99. The molecule has 2 aromatic rings. The van der Waals surface area contributed by atoms with E-state index in [1.807, 2.05) is 4.57 Å². The van der Waals surface area contributed by atoms with Gasteiger partial charge < -0.3 is 19.0 Å². The molecule has 0 aliphatic carbocycles. The smallest absolute Gasteiger partial charge is 0.178 e. The molecule has 0 radical (unpaired) electrons. The molecular weight excluding hydrogens is 303 g/mol. The fourth-order valence-electron chi connectivity index (χ4n) is 2.54. The molecule has 0 saturated carbocycles. The van der Waals surface area contributed by atoms with Crippen molar-refractivity contribution in [2.75, 3.05) is 20.3 Å². The molecule has 1 atom stereocenters. The third-order valence-corrected chi connectivity index (χ3v) is 4.37. The molecule has 1 aromatic heterocycles. The number of ether oxygens (including phenoxy) is 2. The SMILES string of the molecule is COC1(Cn2c(=S)[nH]c3cc(F)c(Cl)cc32)CCOC1. The van der Waals surface area contributed by atoms with Crippen molar-refractivity contribution >= 4 is 34.9 Å². The summed E-state index contributed by atoms with van der Waals surface area (Å²) < 4.78 is 26.9. The number of fused-ring (bicyclic) bond motifs is 1. The minimum Gasteiger partial charge on any atom is -0.378 e. The molecule has 3 rings (SSSR count). The van der Waals surface area contributed by atoms with Crippen molar-refractivity contribution in [3.8, 4) is 0 Å². The standard InChI is InChI=1S/C13H14ClFN2O2S/c1-18-13(2-3-19-7-13)6-17-11-4-8(14)9(15)5-10(11)16-12(17)20/h4-5H,2-3,6-7H2,1H3,(H,16,20). The number of imidazole rings is 1. The summed E-state index contributed by atoms with van der Waals surface area (Å²) in [4.78, 5) is 2.99. The Morgan fingerprint density at radius 3 is 3.05 bits per heavy atom. The molecule has 1 N–H and O–H groups in total. The predicted molar refractivity (Wildman–Crippen MR) is 77.3 cm³/mol. The summed E-state index contributed by atoms with van der Waals surface area (Å²) in [7, 11) is 1.67. The number of halogens is 2. The highest BCUT2D eigenvalue weighted by atomic mass is 35.5. The molecule has 1 aromatic carbocycles. The number of H-pyrrole nitrogens is 1. The second-order valence-electron chi connectivity index (χ2n) is 4.99. The van der Waals surface area contributed by atoms with Crippen LogP contribution in [-0.4, -0.2) is 35.5 Å². The van der Waals surface area contributed by atoms with Crippen LogP contribution in [0.2, 0.25) is 5.02 Å².